The zero-order chi connectivity index (χ0) is 17.4. The molecule has 0 heterocycles. The van der Waals surface area contributed by atoms with Crippen molar-refractivity contribution in [2.75, 3.05) is 13.1 Å². The molecule has 1 rings (SSSR count). The van der Waals surface area contributed by atoms with Gasteiger partial charge in [-0.2, -0.15) is 0 Å². The number of nitrogens with one attached hydrogen (secondary N) is 1. The zero-order valence-electron chi connectivity index (χ0n) is 15.0. The Kier molecular flexibility index (Phi) is 10.3. The second-order valence-electron chi connectivity index (χ2n) is 6.00. The molecule has 0 saturated carbocycles. The lowest BCUT2D eigenvalue weighted by Gasteiger charge is -2.31. The molecule has 0 saturated heterocycles. The summed E-state index contributed by atoms with van der Waals surface area (Å²) in [6.45, 7) is 8.35. The molecular formula is C18H30ClN3O2. The molecule has 1 aromatic rings. The standard InChI is InChI=1S/C18H29N3O2.ClH/c1-5-15(14-10-8-7-9-11-14)21(6-2)16(22)12-20-18(23)17(19)13(3)4;/h7-11,13,15,17H,5-6,12,19H2,1-4H3,(H,20,23);1H/t15?,17-;/m0./s1. The third-order valence-corrected chi connectivity index (χ3v) is 4.04. The summed E-state index contributed by atoms with van der Waals surface area (Å²) in [7, 11) is 0. The molecule has 0 bridgehead atoms. The van der Waals surface area contributed by atoms with Gasteiger partial charge in [-0.15, -0.1) is 12.4 Å². The third kappa shape index (κ3) is 6.13. The smallest absolute Gasteiger partial charge is 0.242 e. The maximum Gasteiger partial charge on any atom is 0.242 e. The molecule has 1 aromatic carbocycles. The Bertz CT molecular complexity index is 508. The minimum atomic E-state index is -0.589. The lowest BCUT2D eigenvalue weighted by atomic mass is 10.0. The Labute approximate surface area is 151 Å². The van der Waals surface area contributed by atoms with Gasteiger partial charge in [0.15, 0.2) is 0 Å². The van der Waals surface area contributed by atoms with Crippen LogP contribution in [0.3, 0.4) is 0 Å². The van der Waals surface area contributed by atoms with E-state index in [1.54, 1.807) is 4.90 Å². The highest BCUT2D eigenvalue weighted by Crippen LogP contribution is 2.23. The Balaban J connectivity index is 0.00000529. The second-order valence-corrected chi connectivity index (χ2v) is 6.00. The number of rotatable bonds is 8. The molecule has 6 heteroatoms. The van der Waals surface area contributed by atoms with E-state index in [0.717, 1.165) is 12.0 Å². The molecule has 0 aliphatic rings. The van der Waals surface area contributed by atoms with Crippen LogP contribution < -0.4 is 11.1 Å². The Hall–Kier alpha value is -1.59. The van der Waals surface area contributed by atoms with E-state index in [2.05, 4.69) is 12.2 Å². The van der Waals surface area contributed by atoms with Crippen molar-refractivity contribution in [3.63, 3.8) is 0 Å². The molecule has 5 nitrogen and oxygen atoms in total. The average Bonchev–Trinajstić information content (AvgIpc) is 2.56. The predicted molar refractivity (Wildman–Crippen MR) is 99.9 cm³/mol. The Morgan fingerprint density at radius 3 is 2.21 bits per heavy atom. The molecule has 0 radical (unpaired) electrons. The minimum absolute atomic E-state index is 0. The van der Waals surface area contributed by atoms with E-state index in [0.29, 0.717) is 6.54 Å². The van der Waals surface area contributed by atoms with Gasteiger partial charge in [0.2, 0.25) is 11.8 Å². The van der Waals surface area contributed by atoms with E-state index in [4.69, 9.17) is 5.73 Å². The molecule has 3 N–H and O–H groups in total. The first-order valence-corrected chi connectivity index (χ1v) is 8.30. The molecular weight excluding hydrogens is 326 g/mol. The first-order chi connectivity index (χ1) is 10.9. The van der Waals surface area contributed by atoms with Gasteiger partial charge in [-0.3, -0.25) is 9.59 Å². The number of nitrogens with zero attached hydrogens (tertiary/aromatic N) is 1. The van der Waals surface area contributed by atoms with Gasteiger partial charge in [0, 0.05) is 6.54 Å². The molecule has 24 heavy (non-hydrogen) atoms. The minimum Gasteiger partial charge on any atom is -0.346 e. The van der Waals surface area contributed by atoms with Crippen molar-refractivity contribution in [2.24, 2.45) is 11.7 Å². The average molecular weight is 356 g/mol. The fourth-order valence-corrected chi connectivity index (χ4v) is 2.57. The summed E-state index contributed by atoms with van der Waals surface area (Å²) in [4.78, 5) is 26.2. The maximum absolute atomic E-state index is 12.5. The largest absolute Gasteiger partial charge is 0.346 e. The second kappa shape index (κ2) is 11.0. The summed E-state index contributed by atoms with van der Waals surface area (Å²) in [6.07, 6.45) is 0.822. The van der Waals surface area contributed by atoms with Crippen LogP contribution in [0, 0.1) is 5.92 Å². The van der Waals surface area contributed by atoms with E-state index in [1.807, 2.05) is 51.1 Å². The summed E-state index contributed by atoms with van der Waals surface area (Å²) in [5.41, 5.74) is 6.90. The van der Waals surface area contributed by atoms with Gasteiger partial charge in [-0.05, 0) is 24.8 Å². The first-order valence-electron chi connectivity index (χ1n) is 8.30. The summed E-state index contributed by atoms with van der Waals surface area (Å²) >= 11 is 0. The van der Waals surface area contributed by atoms with Crippen LogP contribution in [0.1, 0.15) is 45.7 Å². The quantitative estimate of drug-likeness (QED) is 0.752. The lowest BCUT2D eigenvalue weighted by Crippen LogP contribution is -2.48. The number of amides is 2. The molecule has 0 aliphatic heterocycles. The number of hydrogen-bond acceptors (Lipinski definition) is 3. The van der Waals surface area contributed by atoms with Crippen LogP contribution in [0.2, 0.25) is 0 Å². The monoisotopic (exact) mass is 355 g/mol. The van der Waals surface area contributed by atoms with Gasteiger partial charge >= 0.3 is 0 Å². The van der Waals surface area contributed by atoms with Gasteiger partial charge in [0.1, 0.15) is 0 Å². The first kappa shape index (κ1) is 22.4. The van der Waals surface area contributed by atoms with Crippen molar-refractivity contribution in [1.82, 2.24) is 10.2 Å². The zero-order valence-corrected chi connectivity index (χ0v) is 15.8. The normalized spacial score (nSPS) is 12.9. The van der Waals surface area contributed by atoms with Crippen molar-refractivity contribution in [3.8, 4) is 0 Å². The van der Waals surface area contributed by atoms with Gasteiger partial charge < -0.3 is 16.0 Å². The Morgan fingerprint density at radius 1 is 1.17 bits per heavy atom. The third-order valence-electron chi connectivity index (χ3n) is 4.04. The van der Waals surface area contributed by atoms with Crippen molar-refractivity contribution in [3.05, 3.63) is 35.9 Å². The molecule has 0 aromatic heterocycles. The fraction of sp³-hybridized carbons (Fsp3) is 0.556. The highest BCUT2D eigenvalue weighted by molar-refractivity contribution is 5.87. The summed E-state index contributed by atoms with van der Waals surface area (Å²) in [5, 5.41) is 2.65. The van der Waals surface area contributed by atoms with E-state index in [-0.39, 0.29) is 42.7 Å². The predicted octanol–water partition coefficient (Wildman–Crippen LogP) is 2.51. The topological polar surface area (TPSA) is 75.4 Å². The number of hydrogen-bond donors (Lipinski definition) is 2. The fourth-order valence-electron chi connectivity index (χ4n) is 2.57. The van der Waals surface area contributed by atoms with E-state index in [9.17, 15) is 9.59 Å². The highest BCUT2D eigenvalue weighted by atomic mass is 35.5. The van der Waals surface area contributed by atoms with Crippen LogP contribution in [-0.2, 0) is 9.59 Å². The lowest BCUT2D eigenvalue weighted by molar-refractivity contribution is -0.135. The van der Waals surface area contributed by atoms with Crippen molar-refractivity contribution >= 4 is 24.2 Å². The van der Waals surface area contributed by atoms with Crippen LogP contribution >= 0.6 is 12.4 Å². The summed E-state index contributed by atoms with van der Waals surface area (Å²) < 4.78 is 0. The van der Waals surface area contributed by atoms with Gasteiger partial charge in [-0.1, -0.05) is 51.1 Å². The number of nitrogens with two attached hydrogens (primary N) is 1. The van der Waals surface area contributed by atoms with Crippen LogP contribution in [0.4, 0.5) is 0 Å². The summed E-state index contributed by atoms with van der Waals surface area (Å²) in [5.74, 6) is -0.329. The molecule has 0 fully saturated rings. The number of likely N-dealkylation sites (N-methyl/N-ethyl adjacent to an activating group) is 1. The van der Waals surface area contributed by atoms with Crippen LogP contribution in [0.5, 0.6) is 0 Å². The maximum atomic E-state index is 12.5. The molecule has 0 spiro atoms. The molecule has 136 valence electrons. The van der Waals surface area contributed by atoms with Crippen LogP contribution in [0.15, 0.2) is 30.3 Å². The SMILES string of the molecule is CCC(c1ccccc1)N(CC)C(=O)CNC(=O)[C@@H](N)C(C)C.Cl. The van der Waals surface area contributed by atoms with Gasteiger partial charge in [0.05, 0.1) is 18.6 Å². The molecule has 1 unspecified atom stereocenters. The number of benzene rings is 1. The molecule has 2 amide bonds. The van der Waals surface area contributed by atoms with Crippen LogP contribution in [0.25, 0.3) is 0 Å². The van der Waals surface area contributed by atoms with Crippen molar-refractivity contribution in [1.29, 1.82) is 0 Å². The van der Waals surface area contributed by atoms with Crippen LogP contribution in [-0.4, -0.2) is 35.8 Å². The molecule has 2 atom stereocenters. The van der Waals surface area contributed by atoms with E-state index in [1.165, 1.54) is 0 Å². The number of carbonyl (C=O) groups excluding carboxylic acids is 2. The van der Waals surface area contributed by atoms with Crippen molar-refractivity contribution < 1.29 is 9.59 Å². The van der Waals surface area contributed by atoms with Gasteiger partial charge in [-0.25, -0.2) is 0 Å². The van der Waals surface area contributed by atoms with Crippen molar-refractivity contribution in [2.45, 2.75) is 46.2 Å². The highest BCUT2D eigenvalue weighted by Gasteiger charge is 2.24. The molecule has 0 aliphatic carbocycles. The Morgan fingerprint density at radius 2 is 1.75 bits per heavy atom. The van der Waals surface area contributed by atoms with E-state index < -0.39 is 6.04 Å². The van der Waals surface area contributed by atoms with Gasteiger partial charge in [0.25, 0.3) is 0 Å². The van der Waals surface area contributed by atoms with E-state index >= 15 is 0 Å². The number of carbonyl (C=O) groups is 2. The number of halogens is 1. The summed E-state index contributed by atoms with van der Waals surface area (Å²) in [6, 6.07) is 9.38.